The van der Waals surface area contributed by atoms with E-state index in [2.05, 4.69) is 0 Å². The van der Waals surface area contributed by atoms with E-state index < -0.39 is 0 Å². The molecule has 0 amide bonds. The highest BCUT2D eigenvalue weighted by molar-refractivity contribution is 6.29. The van der Waals surface area contributed by atoms with Crippen LogP contribution in [-0.2, 0) is 0 Å². The lowest BCUT2D eigenvalue weighted by Gasteiger charge is -2.07. The minimum absolute atomic E-state index is 0.0575. The molecule has 1 aromatic heterocycles. The Morgan fingerprint density at radius 1 is 1.44 bits per heavy atom. The van der Waals surface area contributed by atoms with E-state index in [-0.39, 0.29) is 5.78 Å². The van der Waals surface area contributed by atoms with Crippen LogP contribution in [0, 0.1) is 0 Å². The quantitative estimate of drug-likeness (QED) is 0.766. The fraction of sp³-hybridized carbons (Fsp3) is 0.250. The number of carbonyl (C=O) groups excluding carboxylic acids is 1. The molecule has 0 unspecified atom stereocenters. The fourth-order valence-corrected chi connectivity index (χ4v) is 1.78. The highest BCUT2D eigenvalue weighted by Gasteiger charge is 2.12. The van der Waals surface area contributed by atoms with Crippen molar-refractivity contribution < 1.29 is 13.9 Å². The normalized spacial score (nSPS) is 10.7. The Morgan fingerprint density at radius 3 is 2.81 bits per heavy atom. The maximum atomic E-state index is 11.4. The van der Waals surface area contributed by atoms with Gasteiger partial charge in [-0.05, 0) is 37.6 Å². The Balaban J connectivity index is 2.64. The Morgan fingerprint density at radius 2 is 2.19 bits per heavy atom. The SMILES string of the molecule is CCOc1cc2cc(Cl)oc2cc1C(C)=O. The third-order valence-corrected chi connectivity index (χ3v) is 2.45. The summed E-state index contributed by atoms with van der Waals surface area (Å²) in [4.78, 5) is 11.4. The summed E-state index contributed by atoms with van der Waals surface area (Å²) in [5.41, 5.74) is 1.11. The van der Waals surface area contributed by atoms with Gasteiger partial charge in [-0.25, -0.2) is 0 Å². The molecule has 0 aliphatic rings. The molecule has 0 aliphatic heterocycles. The maximum absolute atomic E-state index is 11.4. The first-order valence-corrected chi connectivity index (χ1v) is 5.36. The molecular weight excluding hydrogens is 228 g/mol. The van der Waals surface area contributed by atoms with Crippen LogP contribution in [0.15, 0.2) is 22.6 Å². The summed E-state index contributed by atoms with van der Waals surface area (Å²) in [7, 11) is 0. The smallest absolute Gasteiger partial charge is 0.194 e. The molecule has 3 nitrogen and oxygen atoms in total. The molecule has 1 heterocycles. The highest BCUT2D eigenvalue weighted by Crippen LogP contribution is 2.30. The van der Waals surface area contributed by atoms with Gasteiger partial charge in [-0.1, -0.05) is 0 Å². The van der Waals surface area contributed by atoms with Gasteiger partial charge in [0.2, 0.25) is 0 Å². The van der Waals surface area contributed by atoms with Crippen LogP contribution in [0.1, 0.15) is 24.2 Å². The number of hydrogen-bond donors (Lipinski definition) is 0. The first-order chi connectivity index (χ1) is 7.61. The third kappa shape index (κ3) is 1.91. The maximum Gasteiger partial charge on any atom is 0.194 e. The third-order valence-electron chi connectivity index (χ3n) is 2.27. The number of ketones is 1. The van der Waals surface area contributed by atoms with Gasteiger partial charge in [0, 0.05) is 11.5 Å². The van der Waals surface area contributed by atoms with Gasteiger partial charge >= 0.3 is 0 Å². The van der Waals surface area contributed by atoms with Crippen molar-refractivity contribution in [3.63, 3.8) is 0 Å². The predicted molar refractivity (Wildman–Crippen MR) is 62.4 cm³/mol. The van der Waals surface area contributed by atoms with E-state index in [9.17, 15) is 4.79 Å². The van der Waals surface area contributed by atoms with Crippen molar-refractivity contribution in [2.75, 3.05) is 6.61 Å². The van der Waals surface area contributed by atoms with Gasteiger partial charge in [0.15, 0.2) is 11.0 Å². The molecule has 0 spiro atoms. The number of benzene rings is 1. The van der Waals surface area contributed by atoms with Gasteiger partial charge < -0.3 is 9.15 Å². The molecule has 1 aromatic carbocycles. The van der Waals surface area contributed by atoms with Gasteiger partial charge in [0.1, 0.15) is 11.3 Å². The topological polar surface area (TPSA) is 39.4 Å². The first-order valence-electron chi connectivity index (χ1n) is 4.98. The number of carbonyl (C=O) groups is 1. The van der Waals surface area contributed by atoms with E-state index in [1.165, 1.54) is 6.92 Å². The lowest BCUT2D eigenvalue weighted by molar-refractivity contribution is 0.101. The highest BCUT2D eigenvalue weighted by atomic mass is 35.5. The summed E-state index contributed by atoms with van der Waals surface area (Å²) < 4.78 is 10.7. The number of ether oxygens (including phenoxy) is 1. The largest absolute Gasteiger partial charge is 0.493 e. The summed E-state index contributed by atoms with van der Waals surface area (Å²) in [6, 6.07) is 5.13. The molecule has 0 saturated heterocycles. The van der Waals surface area contributed by atoms with Gasteiger partial charge in [-0.2, -0.15) is 0 Å². The molecule has 84 valence electrons. The summed E-state index contributed by atoms with van der Waals surface area (Å²) in [5.74, 6) is 0.512. The minimum Gasteiger partial charge on any atom is -0.493 e. The second-order valence-electron chi connectivity index (χ2n) is 3.43. The lowest BCUT2D eigenvalue weighted by atomic mass is 10.1. The van der Waals surface area contributed by atoms with Gasteiger partial charge in [0.05, 0.1) is 12.2 Å². The molecule has 2 rings (SSSR count). The molecule has 0 fully saturated rings. The van der Waals surface area contributed by atoms with Crippen LogP contribution in [0.3, 0.4) is 0 Å². The zero-order valence-corrected chi connectivity index (χ0v) is 9.80. The molecule has 16 heavy (non-hydrogen) atoms. The molecule has 4 heteroatoms. The van der Waals surface area contributed by atoms with E-state index in [0.29, 0.717) is 28.7 Å². The number of halogens is 1. The lowest BCUT2D eigenvalue weighted by Crippen LogP contribution is -2.00. The molecule has 0 aliphatic carbocycles. The van der Waals surface area contributed by atoms with E-state index in [1.54, 1.807) is 18.2 Å². The van der Waals surface area contributed by atoms with E-state index in [4.69, 9.17) is 20.8 Å². The van der Waals surface area contributed by atoms with Crippen molar-refractivity contribution in [2.45, 2.75) is 13.8 Å². The summed E-state index contributed by atoms with van der Waals surface area (Å²) in [5, 5.41) is 1.14. The Hall–Kier alpha value is -1.48. The zero-order valence-electron chi connectivity index (χ0n) is 9.04. The fourth-order valence-electron chi connectivity index (χ4n) is 1.58. The van der Waals surface area contributed by atoms with Gasteiger partial charge in [-0.3, -0.25) is 4.79 Å². The van der Waals surface area contributed by atoms with Gasteiger partial charge in [0.25, 0.3) is 0 Å². The van der Waals surface area contributed by atoms with Crippen molar-refractivity contribution in [1.29, 1.82) is 0 Å². The molecule has 0 bridgehead atoms. The average molecular weight is 239 g/mol. The molecule has 2 aromatic rings. The molecule has 0 N–H and O–H groups in total. The minimum atomic E-state index is -0.0575. The molecule has 0 saturated carbocycles. The molecular formula is C12H11ClO3. The average Bonchev–Trinajstić information content (AvgIpc) is 2.56. The molecule has 0 atom stereocenters. The van der Waals surface area contributed by atoms with Gasteiger partial charge in [-0.15, -0.1) is 0 Å². The van der Waals surface area contributed by atoms with Crippen molar-refractivity contribution in [2.24, 2.45) is 0 Å². The van der Waals surface area contributed by atoms with Crippen molar-refractivity contribution in [3.05, 3.63) is 29.0 Å². The second-order valence-corrected chi connectivity index (χ2v) is 3.80. The van der Waals surface area contributed by atoms with Crippen LogP contribution < -0.4 is 4.74 Å². The standard InChI is InChI=1S/C12H11ClO3/c1-3-15-11-4-8-5-12(13)16-10(8)6-9(11)7(2)14/h4-6H,3H2,1-2H3. The monoisotopic (exact) mass is 238 g/mol. The van der Waals surface area contributed by atoms with Crippen molar-refractivity contribution in [1.82, 2.24) is 0 Å². The summed E-state index contributed by atoms with van der Waals surface area (Å²) >= 11 is 5.75. The number of fused-ring (bicyclic) bond motifs is 1. The van der Waals surface area contributed by atoms with E-state index in [0.717, 1.165) is 5.39 Å². The Labute approximate surface area is 97.9 Å². The Kier molecular flexibility index (Phi) is 2.88. The summed E-state index contributed by atoms with van der Waals surface area (Å²) in [6.45, 7) is 3.88. The van der Waals surface area contributed by atoms with E-state index >= 15 is 0 Å². The van der Waals surface area contributed by atoms with Crippen LogP contribution >= 0.6 is 11.6 Å². The molecule has 0 radical (unpaired) electrons. The number of furan rings is 1. The first kappa shape index (κ1) is 11.0. The van der Waals surface area contributed by atoms with Crippen molar-refractivity contribution in [3.8, 4) is 5.75 Å². The van der Waals surface area contributed by atoms with Crippen molar-refractivity contribution >= 4 is 28.4 Å². The Bertz CT molecular complexity index is 542. The predicted octanol–water partition coefficient (Wildman–Crippen LogP) is 3.69. The van der Waals surface area contributed by atoms with E-state index in [1.807, 2.05) is 6.92 Å². The number of rotatable bonds is 3. The second kappa shape index (κ2) is 4.18. The summed E-state index contributed by atoms with van der Waals surface area (Å²) in [6.07, 6.45) is 0. The van der Waals surface area contributed by atoms with Crippen LogP contribution in [-0.4, -0.2) is 12.4 Å². The van der Waals surface area contributed by atoms with Crippen LogP contribution in [0.4, 0.5) is 0 Å². The van der Waals surface area contributed by atoms with Crippen LogP contribution in [0.2, 0.25) is 5.22 Å². The zero-order chi connectivity index (χ0) is 11.7. The van der Waals surface area contributed by atoms with Crippen LogP contribution in [0.25, 0.3) is 11.0 Å². The number of hydrogen-bond acceptors (Lipinski definition) is 3. The number of Topliss-reactive ketones (excluding diaryl/α,β-unsaturated/α-hetero) is 1. The van der Waals surface area contributed by atoms with Crippen LogP contribution in [0.5, 0.6) is 5.75 Å².